The molecule has 0 aliphatic heterocycles. The van der Waals surface area contributed by atoms with Crippen LogP contribution in [0.4, 0.5) is 0 Å². The summed E-state index contributed by atoms with van der Waals surface area (Å²) in [6.07, 6.45) is 3.41. The third-order valence-corrected chi connectivity index (χ3v) is 2.86. The summed E-state index contributed by atoms with van der Waals surface area (Å²) in [5.41, 5.74) is 2.31. The lowest BCUT2D eigenvalue weighted by Gasteiger charge is -2.02. The lowest BCUT2D eigenvalue weighted by molar-refractivity contribution is 0.0699. The Bertz CT molecular complexity index is 737. The summed E-state index contributed by atoms with van der Waals surface area (Å²) in [5.74, 6) is -0.999. The molecule has 0 aliphatic rings. The first-order valence-corrected chi connectivity index (χ1v) is 5.70. The third-order valence-electron chi connectivity index (χ3n) is 2.86. The number of benzene rings is 1. The number of fused-ring (bicyclic) bond motifs is 1. The summed E-state index contributed by atoms with van der Waals surface area (Å²) in [6.45, 7) is 0.530. The largest absolute Gasteiger partial charge is 0.478 e. The van der Waals surface area contributed by atoms with Gasteiger partial charge < -0.3 is 5.11 Å². The summed E-state index contributed by atoms with van der Waals surface area (Å²) >= 11 is 0. The molecular formula is C13H10N4O2. The Hall–Kier alpha value is -2.76. The molecule has 0 unspecified atom stereocenters. The fraction of sp³-hybridized carbons (Fsp3) is 0.0769. The quantitative estimate of drug-likeness (QED) is 0.767. The van der Waals surface area contributed by atoms with Gasteiger partial charge in [-0.3, -0.25) is 4.98 Å². The molecule has 2 aromatic heterocycles. The molecule has 6 nitrogen and oxygen atoms in total. The minimum Gasteiger partial charge on any atom is -0.478 e. The predicted octanol–water partition coefficient (Wildman–Crippen LogP) is 1.57. The predicted molar refractivity (Wildman–Crippen MR) is 67.8 cm³/mol. The molecule has 2 heterocycles. The molecule has 6 heteroatoms. The number of carboxylic acids is 1. The number of aromatic nitrogens is 4. The van der Waals surface area contributed by atoms with E-state index in [0.29, 0.717) is 17.6 Å². The molecule has 3 rings (SSSR count). The van der Waals surface area contributed by atoms with E-state index in [0.717, 1.165) is 5.56 Å². The Morgan fingerprint density at radius 2 is 2.00 bits per heavy atom. The number of nitrogens with zero attached hydrogens (tertiary/aromatic N) is 4. The van der Waals surface area contributed by atoms with Gasteiger partial charge in [0.1, 0.15) is 5.52 Å². The molecule has 0 bridgehead atoms. The second kappa shape index (κ2) is 4.49. The molecule has 19 heavy (non-hydrogen) atoms. The van der Waals surface area contributed by atoms with Gasteiger partial charge in [0, 0.05) is 12.4 Å². The van der Waals surface area contributed by atoms with Crippen LogP contribution in [0.25, 0.3) is 11.0 Å². The average molecular weight is 254 g/mol. The normalized spacial score (nSPS) is 10.7. The molecule has 1 N–H and O–H groups in total. The number of carbonyl (C=O) groups is 1. The van der Waals surface area contributed by atoms with Crippen LogP contribution < -0.4 is 0 Å². The van der Waals surface area contributed by atoms with Crippen molar-refractivity contribution in [2.75, 3.05) is 0 Å². The number of aromatic carboxylic acids is 1. The van der Waals surface area contributed by atoms with E-state index in [2.05, 4.69) is 15.3 Å². The minimum absolute atomic E-state index is 0.165. The molecule has 94 valence electrons. The first-order chi connectivity index (χ1) is 9.25. The molecule has 3 aromatic rings. The molecule has 0 amide bonds. The Kier molecular flexibility index (Phi) is 2.68. The number of carboxylic acid groups (broad SMARTS) is 1. The standard InChI is InChI=1S/C13H10N4O2/c18-13(19)10-2-1-3-11-12(10)15-16-17(11)8-9-4-6-14-7-5-9/h1-7H,8H2,(H,18,19). The van der Waals surface area contributed by atoms with Crippen LogP contribution in [0.5, 0.6) is 0 Å². The van der Waals surface area contributed by atoms with Crippen LogP contribution in [0, 0.1) is 0 Å². The Morgan fingerprint density at radius 1 is 1.21 bits per heavy atom. The zero-order valence-corrected chi connectivity index (χ0v) is 9.89. The van der Waals surface area contributed by atoms with Gasteiger partial charge in [-0.25, -0.2) is 9.48 Å². The first kappa shape index (κ1) is 11.3. The van der Waals surface area contributed by atoms with Crippen LogP contribution in [0.3, 0.4) is 0 Å². The summed E-state index contributed by atoms with van der Waals surface area (Å²) in [7, 11) is 0. The van der Waals surface area contributed by atoms with Gasteiger partial charge in [-0.05, 0) is 29.8 Å². The maximum atomic E-state index is 11.1. The van der Waals surface area contributed by atoms with E-state index in [-0.39, 0.29) is 5.56 Å². The topological polar surface area (TPSA) is 80.9 Å². The summed E-state index contributed by atoms with van der Waals surface area (Å²) in [5, 5.41) is 17.1. The third kappa shape index (κ3) is 2.03. The van der Waals surface area contributed by atoms with Gasteiger partial charge in [0.2, 0.25) is 0 Å². The summed E-state index contributed by atoms with van der Waals surface area (Å²) in [4.78, 5) is 15.0. The fourth-order valence-electron chi connectivity index (χ4n) is 1.94. The van der Waals surface area contributed by atoms with E-state index < -0.39 is 5.97 Å². The van der Waals surface area contributed by atoms with Crippen LogP contribution >= 0.6 is 0 Å². The minimum atomic E-state index is -0.999. The van der Waals surface area contributed by atoms with Crippen molar-refractivity contribution < 1.29 is 9.90 Å². The summed E-state index contributed by atoms with van der Waals surface area (Å²) in [6, 6.07) is 8.79. The lowest BCUT2D eigenvalue weighted by atomic mass is 10.2. The van der Waals surface area contributed by atoms with Crippen molar-refractivity contribution >= 4 is 17.0 Å². The number of hydrogen-bond donors (Lipinski definition) is 1. The van der Waals surface area contributed by atoms with Gasteiger partial charge >= 0.3 is 5.97 Å². The summed E-state index contributed by atoms with van der Waals surface area (Å²) < 4.78 is 1.68. The van der Waals surface area contributed by atoms with Gasteiger partial charge in [-0.1, -0.05) is 11.3 Å². The van der Waals surface area contributed by atoms with Crippen molar-refractivity contribution in [1.82, 2.24) is 20.0 Å². The zero-order valence-electron chi connectivity index (χ0n) is 9.89. The average Bonchev–Trinajstić information content (AvgIpc) is 2.83. The van der Waals surface area contributed by atoms with Gasteiger partial charge in [0.15, 0.2) is 0 Å². The Morgan fingerprint density at radius 3 is 2.74 bits per heavy atom. The van der Waals surface area contributed by atoms with Crippen LogP contribution in [0.2, 0.25) is 0 Å². The maximum Gasteiger partial charge on any atom is 0.338 e. The van der Waals surface area contributed by atoms with Crippen LogP contribution in [-0.4, -0.2) is 31.1 Å². The molecule has 0 aliphatic carbocycles. The molecule has 0 saturated heterocycles. The zero-order chi connectivity index (χ0) is 13.2. The second-order valence-electron chi connectivity index (χ2n) is 4.08. The van der Waals surface area contributed by atoms with Crippen LogP contribution in [-0.2, 0) is 6.54 Å². The van der Waals surface area contributed by atoms with E-state index in [1.807, 2.05) is 18.2 Å². The SMILES string of the molecule is O=C(O)c1cccc2c1nnn2Cc1ccncc1. The van der Waals surface area contributed by atoms with E-state index in [1.54, 1.807) is 23.1 Å². The highest BCUT2D eigenvalue weighted by Crippen LogP contribution is 2.17. The Labute approximate surface area is 108 Å². The lowest BCUT2D eigenvalue weighted by Crippen LogP contribution is -2.02. The molecule has 0 fully saturated rings. The van der Waals surface area contributed by atoms with Crippen molar-refractivity contribution in [2.24, 2.45) is 0 Å². The highest BCUT2D eigenvalue weighted by atomic mass is 16.4. The van der Waals surface area contributed by atoms with Crippen molar-refractivity contribution in [3.8, 4) is 0 Å². The highest BCUT2D eigenvalue weighted by molar-refractivity contribution is 6.00. The number of rotatable bonds is 3. The van der Waals surface area contributed by atoms with E-state index in [4.69, 9.17) is 5.11 Å². The molecule has 0 saturated carbocycles. The first-order valence-electron chi connectivity index (χ1n) is 5.70. The van der Waals surface area contributed by atoms with Gasteiger partial charge in [-0.15, -0.1) is 5.10 Å². The van der Waals surface area contributed by atoms with Gasteiger partial charge in [-0.2, -0.15) is 0 Å². The molecular weight excluding hydrogens is 244 g/mol. The Balaban J connectivity index is 2.07. The van der Waals surface area contributed by atoms with E-state index in [1.165, 1.54) is 6.07 Å². The van der Waals surface area contributed by atoms with Crippen molar-refractivity contribution in [3.63, 3.8) is 0 Å². The van der Waals surface area contributed by atoms with Crippen molar-refractivity contribution in [1.29, 1.82) is 0 Å². The maximum absolute atomic E-state index is 11.1. The van der Waals surface area contributed by atoms with E-state index in [9.17, 15) is 4.79 Å². The van der Waals surface area contributed by atoms with Gasteiger partial charge in [0.25, 0.3) is 0 Å². The second-order valence-corrected chi connectivity index (χ2v) is 4.08. The molecule has 0 spiro atoms. The molecule has 1 aromatic carbocycles. The van der Waals surface area contributed by atoms with Crippen LogP contribution in [0.1, 0.15) is 15.9 Å². The van der Waals surface area contributed by atoms with Gasteiger partial charge in [0.05, 0.1) is 17.6 Å². The molecule has 0 atom stereocenters. The van der Waals surface area contributed by atoms with Crippen molar-refractivity contribution in [2.45, 2.75) is 6.54 Å². The smallest absolute Gasteiger partial charge is 0.338 e. The van der Waals surface area contributed by atoms with Crippen LogP contribution in [0.15, 0.2) is 42.7 Å². The van der Waals surface area contributed by atoms with E-state index >= 15 is 0 Å². The highest BCUT2D eigenvalue weighted by Gasteiger charge is 2.13. The monoisotopic (exact) mass is 254 g/mol. The van der Waals surface area contributed by atoms with Crippen molar-refractivity contribution in [3.05, 3.63) is 53.9 Å². The molecule has 0 radical (unpaired) electrons. The number of pyridine rings is 1. The fourth-order valence-corrected chi connectivity index (χ4v) is 1.94. The number of hydrogen-bond acceptors (Lipinski definition) is 4.